The van der Waals surface area contributed by atoms with Crippen LogP contribution in [0.3, 0.4) is 0 Å². The Morgan fingerprint density at radius 2 is 1.90 bits per heavy atom. The average molecular weight is 293 g/mol. The number of benzene rings is 2. The van der Waals surface area contributed by atoms with Crippen LogP contribution in [0.15, 0.2) is 42.5 Å². The Morgan fingerprint density at radius 1 is 1.24 bits per heavy atom. The van der Waals surface area contributed by atoms with E-state index in [4.69, 9.17) is 5.73 Å². The molecule has 2 aromatic rings. The number of alkyl halides is 1. The monoisotopic (exact) mass is 293 g/mol. The molecular weight excluding hydrogens is 280 g/mol. The van der Waals surface area contributed by atoms with Crippen molar-refractivity contribution in [1.82, 2.24) is 0 Å². The first kappa shape index (κ1) is 14.7. The number of nitrogen functional groups attached to an aromatic ring is 1. The van der Waals surface area contributed by atoms with Gasteiger partial charge in [-0.2, -0.15) is 0 Å². The number of nitro groups is 1. The molecule has 0 aliphatic rings. The smallest absolute Gasteiger partial charge is 0.292 e. The fourth-order valence-corrected chi connectivity index (χ4v) is 1.92. The van der Waals surface area contributed by atoms with Crippen molar-refractivity contribution in [2.24, 2.45) is 0 Å². The molecule has 0 aliphatic heterocycles. The molecule has 3 N–H and O–H groups in total. The van der Waals surface area contributed by atoms with Gasteiger partial charge in [0.2, 0.25) is 0 Å². The summed E-state index contributed by atoms with van der Waals surface area (Å²) in [6.07, 6.45) is 0. The summed E-state index contributed by atoms with van der Waals surface area (Å²) >= 11 is 0. The lowest BCUT2D eigenvalue weighted by Gasteiger charge is -2.17. The summed E-state index contributed by atoms with van der Waals surface area (Å²) in [6, 6.07) is 8.80. The minimum Gasteiger partial charge on any atom is -0.393 e. The Bertz CT molecular complexity index is 647. The van der Waals surface area contributed by atoms with Crippen molar-refractivity contribution in [2.75, 3.05) is 17.7 Å². The molecule has 5 nitrogen and oxygen atoms in total. The van der Waals surface area contributed by atoms with Gasteiger partial charge in [-0.3, -0.25) is 10.1 Å². The normalized spacial score (nSPS) is 11.9. The maximum Gasteiger partial charge on any atom is 0.292 e. The van der Waals surface area contributed by atoms with Crippen LogP contribution in [0.25, 0.3) is 0 Å². The molecule has 2 rings (SSSR count). The fourth-order valence-electron chi connectivity index (χ4n) is 1.92. The van der Waals surface area contributed by atoms with Gasteiger partial charge in [-0.15, -0.1) is 0 Å². The highest BCUT2D eigenvalue weighted by Gasteiger charge is 2.15. The van der Waals surface area contributed by atoms with E-state index in [0.717, 1.165) is 0 Å². The average Bonchev–Trinajstić information content (AvgIpc) is 2.45. The Balaban J connectivity index is 2.20. The summed E-state index contributed by atoms with van der Waals surface area (Å²) in [4.78, 5) is 10.1. The topological polar surface area (TPSA) is 81.2 Å². The van der Waals surface area contributed by atoms with Crippen LogP contribution in [-0.2, 0) is 0 Å². The molecular formula is C14H13F2N3O2. The minimum absolute atomic E-state index is 0.0123. The molecule has 0 fully saturated rings. The number of nitrogens with zero attached hydrogens (tertiary/aromatic N) is 1. The minimum atomic E-state index is -0.720. The van der Waals surface area contributed by atoms with Crippen molar-refractivity contribution in [3.05, 3.63) is 64.0 Å². The third-order valence-electron chi connectivity index (χ3n) is 2.99. The Hall–Kier alpha value is -2.70. The lowest BCUT2D eigenvalue weighted by atomic mass is 10.1. The van der Waals surface area contributed by atoms with Crippen molar-refractivity contribution in [3.63, 3.8) is 0 Å². The molecule has 21 heavy (non-hydrogen) atoms. The van der Waals surface area contributed by atoms with Crippen LogP contribution in [0.5, 0.6) is 0 Å². The first-order valence-corrected chi connectivity index (χ1v) is 6.13. The largest absolute Gasteiger partial charge is 0.393 e. The predicted octanol–water partition coefficient (Wildman–Crippen LogP) is 3.44. The SMILES string of the molecule is Nc1cc(NC(CF)c2ccc(F)cc2)ccc1[N+](=O)[O-]. The second kappa shape index (κ2) is 6.17. The number of nitrogens with one attached hydrogen (secondary N) is 1. The van der Waals surface area contributed by atoms with E-state index in [2.05, 4.69) is 5.32 Å². The van der Waals surface area contributed by atoms with Crippen molar-refractivity contribution in [1.29, 1.82) is 0 Å². The van der Waals surface area contributed by atoms with E-state index in [0.29, 0.717) is 11.3 Å². The summed E-state index contributed by atoms with van der Waals surface area (Å²) in [5.41, 5.74) is 6.37. The maximum atomic E-state index is 13.1. The van der Waals surface area contributed by atoms with Crippen LogP contribution in [0.2, 0.25) is 0 Å². The number of hydrogen-bond acceptors (Lipinski definition) is 4. The third kappa shape index (κ3) is 3.44. The van der Waals surface area contributed by atoms with Crippen LogP contribution < -0.4 is 11.1 Å². The summed E-state index contributed by atoms with van der Waals surface area (Å²) in [5.74, 6) is -0.407. The Kier molecular flexibility index (Phi) is 4.32. The van der Waals surface area contributed by atoms with Crippen molar-refractivity contribution in [2.45, 2.75) is 6.04 Å². The zero-order valence-electron chi connectivity index (χ0n) is 10.9. The van der Waals surface area contributed by atoms with Gasteiger partial charge >= 0.3 is 0 Å². The van der Waals surface area contributed by atoms with Crippen LogP contribution >= 0.6 is 0 Å². The molecule has 0 radical (unpaired) electrons. The van der Waals surface area contributed by atoms with Gasteiger partial charge in [0.25, 0.3) is 5.69 Å². The van der Waals surface area contributed by atoms with Crippen LogP contribution in [0, 0.1) is 15.9 Å². The van der Waals surface area contributed by atoms with Gasteiger partial charge in [-0.25, -0.2) is 8.78 Å². The van der Waals surface area contributed by atoms with Gasteiger partial charge < -0.3 is 11.1 Å². The summed E-state index contributed by atoms with van der Waals surface area (Å²) in [5, 5.41) is 13.5. The number of nitrogens with two attached hydrogens (primary N) is 1. The fraction of sp³-hybridized carbons (Fsp3) is 0.143. The maximum absolute atomic E-state index is 13.1. The second-order valence-corrected chi connectivity index (χ2v) is 4.43. The first-order valence-electron chi connectivity index (χ1n) is 6.13. The number of nitro benzene ring substituents is 1. The summed E-state index contributed by atoms with van der Waals surface area (Å²) in [6.45, 7) is -0.720. The molecule has 0 heterocycles. The van der Waals surface area contributed by atoms with Crippen LogP contribution in [0.4, 0.5) is 25.8 Å². The highest BCUT2D eigenvalue weighted by molar-refractivity contribution is 5.66. The molecule has 0 amide bonds. The van der Waals surface area contributed by atoms with E-state index in [1.807, 2.05) is 0 Å². The molecule has 0 bridgehead atoms. The van der Waals surface area contributed by atoms with Gasteiger partial charge in [0.1, 0.15) is 18.2 Å². The highest BCUT2D eigenvalue weighted by Crippen LogP contribution is 2.27. The van der Waals surface area contributed by atoms with E-state index in [1.54, 1.807) is 0 Å². The van der Waals surface area contributed by atoms with Gasteiger partial charge in [0, 0.05) is 11.8 Å². The van der Waals surface area contributed by atoms with E-state index in [9.17, 15) is 18.9 Å². The molecule has 7 heteroatoms. The molecule has 2 aromatic carbocycles. The molecule has 0 aliphatic carbocycles. The first-order chi connectivity index (χ1) is 10.0. The number of anilines is 2. The molecule has 0 saturated heterocycles. The Labute approximate surface area is 119 Å². The van der Waals surface area contributed by atoms with Crippen molar-refractivity contribution >= 4 is 17.1 Å². The lowest BCUT2D eigenvalue weighted by molar-refractivity contribution is -0.383. The van der Waals surface area contributed by atoms with Gasteiger partial charge in [-0.1, -0.05) is 12.1 Å². The standard InChI is InChI=1S/C14H13F2N3O2/c15-8-13(9-1-3-10(16)4-2-9)18-11-5-6-14(19(20)21)12(17)7-11/h1-7,13,18H,8,17H2. The third-order valence-corrected chi connectivity index (χ3v) is 2.99. The van der Waals surface area contributed by atoms with Gasteiger partial charge in [0.15, 0.2) is 0 Å². The zero-order valence-corrected chi connectivity index (χ0v) is 10.9. The van der Waals surface area contributed by atoms with Crippen molar-refractivity contribution in [3.8, 4) is 0 Å². The second-order valence-electron chi connectivity index (χ2n) is 4.43. The molecule has 0 aromatic heterocycles. The Morgan fingerprint density at radius 3 is 2.43 bits per heavy atom. The van der Waals surface area contributed by atoms with E-state index < -0.39 is 23.5 Å². The van der Waals surface area contributed by atoms with Gasteiger partial charge in [-0.05, 0) is 29.8 Å². The molecule has 1 atom stereocenters. The predicted molar refractivity (Wildman–Crippen MR) is 76.2 cm³/mol. The molecule has 110 valence electrons. The molecule has 1 unspecified atom stereocenters. The number of halogens is 2. The number of rotatable bonds is 5. The van der Waals surface area contributed by atoms with E-state index >= 15 is 0 Å². The summed E-state index contributed by atoms with van der Waals surface area (Å²) in [7, 11) is 0. The van der Waals surface area contributed by atoms with E-state index in [-0.39, 0.29) is 11.4 Å². The van der Waals surface area contributed by atoms with Crippen molar-refractivity contribution < 1.29 is 13.7 Å². The summed E-state index contributed by atoms with van der Waals surface area (Å²) < 4.78 is 26.0. The molecule has 0 spiro atoms. The van der Waals surface area contributed by atoms with Crippen LogP contribution in [0.1, 0.15) is 11.6 Å². The van der Waals surface area contributed by atoms with E-state index in [1.165, 1.54) is 42.5 Å². The number of hydrogen-bond donors (Lipinski definition) is 2. The van der Waals surface area contributed by atoms with Crippen LogP contribution in [-0.4, -0.2) is 11.6 Å². The van der Waals surface area contributed by atoms with Gasteiger partial charge in [0.05, 0.1) is 11.0 Å². The highest BCUT2D eigenvalue weighted by atomic mass is 19.1. The lowest BCUT2D eigenvalue weighted by Crippen LogP contribution is -2.13. The zero-order chi connectivity index (χ0) is 15.4. The quantitative estimate of drug-likeness (QED) is 0.502. The molecule has 0 saturated carbocycles.